The van der Waals surface area contributed by atoms with Crippen LogP contribution in [0.25, 0.3) is 0 Å². The first kappa shape index (κ1) is 10.1. The highest BCUT2D eigenvalue weighted by Gasteiger charge is 2.17. The number of rotatable bonds is 3. The molecular weight excluding hydrogens is 194 g/mol. The topological polar surface area (TPSA) is 0 Å². The Balaban J connectivity index is 3.07. The van der Waals surface area contributed by atoms with Gasteiger partial charge in [0.05, 0.1) is 0 Å². The highest BCUT2D eigenvalue weighted by molar-refractivity contribution is 6.67. The average Bonchev–Trinajstić information content (AvgIpc) is 1.63. The van der Waals surface area contributed by atoms with Crippen molar-refractivity contribution in [2.24, 2.45) is 0 Å². The Kier molecular flexibility index (Phi) is 5.42. The van der Waals surface area contributed by atoms with Crippen molar-refractivity contribution >= 4 is 45.0 Å². The van der Waals surface area contributed by atoms with Crippen LogP contribution < -0.4 is 0 Å². The van der Waals surface area contributed by atoms with E-state index in [9.17, 15) is 0 Å². The minimum atomic E-state index is -1.02. The van der Waals surface area contributed by atoms with Gasteiger partial charge in [-0.05, 0) is 12.8 Å². The van der Waals surface area contributed by atoms with E-state index in [1.54, 1.807) is 0 Å². The number of alkyl halides is 3. The smallest absolute Gasteiger partial charge is 0.0837 e. The van der Waals surface area contributed by atoms with E-state index in [1.807, 2.05) is 0 Å². The van der Waals surface area contributed by atoms with Crippen LogP contribution >= 0.6 is 34.8 Å². The molecule has 0 rings (SSSR count). The van der Waals surface area contributed by atoms with Gasteiger partial charge in [-0.2, -0.15) is 0 Å². The molecule has 0 N–H and O–H groups in total. The molecule has 0 amide bonds. The maximum Gasteiger partial charge on any atom is 0.190 e. The summed E-state index contributed by atoms with van der Waals surface area (Å²) in [6, 6.07) is 1.31. The summed E-state index contributed by atoms with van der Waals surface area (Å²) in [6.07, 6.45) is 2.94. The second kappa shape index (κ2) is 4.83. The Labute approximate surface area is 74.3 Å². The van der Waals surface area contributed by atoms with Crippen molar-refractivity contribution in [1.29, 1.82) is 0 Å². The minimum Gasteiger partial charge on any atom is -0.0837 e. The number of halogens is 3. The summed E-state index contributed by atoms with van der Waals surface area (Å²) in [6.45, 7) is 0. The SMILES string of the molecule is [SiH3]CCCCC(Cl)(Cl)Cl. The molecular formula is C5H11Cl3Si. The molecule has 0 aromatic heterocycles. The molecule has 0 aliphatic carbocycles. The first-order valence-electron chi connectivity index (χ1n) is 3.13. The van der Waals surface area contributed by atoms with Crippen molar-refractivity contribution in [2.45, 2.75) is 29.1 Å². The van der Waals surface area contributed by atoms with E-state index in [-0.39, 0.29) is 0 Å². The van der Waals surface area contributed by atoms with Gasteiger partial charge in [0.1, 0.15) is 0 Å². The van der Waals surface area contributed by atoms with Crippen LogP contribution in [0.5, 0.6) is 0 Å². The highest BCUT2D eigenvalue weighted by atomic mass is 35.6. The van der Waals surface area contributed by atoms with Crippen LogP contribution in [-0.4, -0.2) is 14.0 Å². The number of hydrogen-bond donors (Lipinski definition) is 0. The molecule has 4 heteroatoms. The molecule has 0 aromatic rings. The van der Waals surface area contributed by atoms with E-state index >= 15 is 0 Å². The van der Waals surface area contributed by atoms with Crippen LogP contribution in [0.4, 0.5) is 0 Å². The summed E-state index contributed by atoms with van der Waals surface area (Å²) >= 11 is 16.5. The van der Waals surface area contributed by atoms with E-state index in [0.29, 0.717) is 6.42 Å². The van der Waals surface area contributed by atoms with Crippen molar-refractivity contribution in [3.05, 3.63) is 0 Å². The largest absolute Gasteiger partial charge is 0.190 e. The maximum absolute atomic E-state index is 5.51. The maximum atomic E-state index is 5.51. The Bertz CT molecular complexity index is 69.1. The summed E-state index contributed by atoms with van der Waals surface area (Å²) in [7, 11) is 1.26. The Morgan fingerprint density at radius 3 is 2.00 bits per heavy atom. The van der Waals surface area contributed by atoms with Gasteiger partial charge in [-0.3, -0.25) is 0 Å². The molecule has 0 nitrogen and oxygen atoms in total. The first-order chi connectivity index (χ1) is 4.06. The molecule has 0 saturated carbocycles. The molecule has 0 aliphatic rings. The molecule has 0 radical (unpaired) electrons. The van der Waals surface area contributed by atoms with Gasteiger partial charge in [-0.15, -0.1) is 0 Å². The molecule has 0 heterocycles. The van der Waals surface area contributed by atoms with E-state index in [4.69, 9.17) is 34.8 Å². The Morgan fingerprint density at radius 2 is 1.67 bits per heavy atom. The zero-order valence-corrected chi connectivity index (χ0v) is 9.73. The van der Waals surface area contributed by atoms with E-state index in [1.165, 1.54) is 22.7 Å². The second-order valence-electron chi connectivity index (χ2n) is 2.07. The predicted molar refractivity (Wildman–Crippen MR) is 48.9 cm³/mol. The van der Waals surface area contributed by atoms with E-state index < -0.39 is 3.79 Å². The fourth-order valence-corrected chi connectivity index (χ4v) is 1.48. The van der Waals surface area contributed by atoms with Crippen LogP contribution in [0, 0.1) is 0 Å². The third-order valence-corrected chi connectivity index (χ3v) is 2.34. The molecule has 0 aliphatic heterocycles. The summed E-state index contributed by atoms with van der Waals surface area (Å²) in [4.78, 5) is 0. The lowest BCUT2D eigenvalue weighted by molar-refractivity contribution is 0.733. The van der Waals surface area contributed by atoms with Crippen molar-refractivity contribution < 1.29 is 0 Å². The first-order valence-corrected chi connectivity index (χ1v) is 5.68. The number of hydrogen-bond acceptors (Lipinski definition) is 0. The molecule has 0 bridgehead atoms. The standard InChI is InChI=1S/C5H11Cl3Si/c6-5(7,8)3-1-2-4-9/h1-4H2,9H3. The summed E-state index contributed by atoms with van der Waals surface area (Å²) in [5.41, 5.74) is 0. The van der Waals surface area contributed by atoms with Gasteiger partial charge in [0.25, 0.3) is 0 Å². The van der Waals surface area contributed by atoms with Crippen LogP contribution in [0.1, 0.15) is 19.3 Å². The molecule has 9 heavy (non-hydrogen) atoms. The van der Waals surface area contributed by atoms with Gasteiger partial charge >= 0.3 is 0 Å². The lowest BCUT2D eigenvalue weighted by atomic mass is 10.3. The minimum absolute atomic E-state index is 0.694. The molecule has 0 unspecified atom stereocenters. The van der Waals surface area contributed by atoms with Crippen molar-refractivity contribution in [3.63, 3.8) is 0 Å². The summed E-state index contributed by atoms with van der Waals surface area (Å²) in [5.74, 6) is 0. The van der Waals surface area contributed by atoms with Gasteiger partial charge < -0.3 is 0 Å². The quantitative estimate of drug-likeness (QED) is 0.377. The van der Waals surface area contributed by atoms with E-state index in [2.05, 4.69) is 0 Å². The van der Waals surface area contributed by atoms with Gasteiger partial charge in [-0.25, -0.2) is 0 Å². The van der Waals surface area contributed by atoms with Gasteiger partial charge in [0.2, 0.25) is 0 Å². The molecule has 0 atom stereocenters. The lowest BCUT2D eigenvalue weighted by Gasteiger charge is -2.08. The van der Waals surface area contributed by atoms with E-state index in [0.717, 1.165) is 6.42 Å². The zero-order valence-electron chi connectivity index (χ0n) is 5.46. The lowest BCUT2D eigenvalue weighted by Crippen LogP contribution is -2.00. The van der Waals surface area contributed by atoms with Gasteiger partial charge in [0.15, 0.2) is 3.79 Å². The highest BCUT2D eigenvalue weighted by Crippen LogP contribution is 2.31. The fourth-order valence-electron chi connectivity index (χ4n) is 0.575. The third-order valence-electron chi connectivity index (χ3n) is 1.06. The summed E-state index contributed by atoms with van der Waals surface area (Å²) < 4.78 is -1.02. The predicted octanol–water partition coefficient (Wildman–Crippen LogP) is 2.31. The van der Waals surface area contributed by atoms with Gasteiger partial charge in [-0.1, -0.05) is 47.3 Å². The molecule has 56 valence electrons. The molecule has 0 saturated heterocycles. The molecule has 0 spiro atoms. The summed E-state index contributed by atoms with van der Waals surface area (Å²) in [5, 5.41) is 0. The third kappa shape index (κ3) is 9.09. The second-order valence-corrected chi connectivity index (χ2v) is 5.59. The fraction of sp³-hybridized carbons (Fsp3) is 1.00. The normalized spacial score (nSPS) is 12.3. The Hall–Kier alpha value is 1.09. The molecule has 0 aromatic carbocycles. The molecule has 0 fully saturated rings. The Morgan fingerprint density at radius 1 is 1.11 bits per heavy atom. The average molecular weight is 206 g/mol. The van der Waals surface area contributed by atoms with Crippen LogP contribution in [-0.2, 0) is 0 Å². The van der Waals surface area contributed by atoms with Crippen molar-refractivity contribution in [3.8, 4) is 0 Å². The van der Waals surface area contributed by atoms with Crippen molar-refractivity contribution in [1.82, 2.24) is 0 Å². The number of unbranched alkanes of at least 4 members (excludes halogenated alkanes) is 1. The van der Waals surface area contributed by atoms with Crippen molar-refractivity contribution in [2.75, 3.05) is 0 Å². The van der Waals surface area contributed by atoms with Crippen LogP contribution in [0.15, 0.2) is 0 Å². The van der Waals surface area contributed by atoms with Gasteiger partial charge in [0, 0.05) is 10.2 Å². The monoisotopic (exact) mass is 204 g/mol. The van der Waals surface area contributed by atoms with Crippen LogP contribution in [0.3, 0.4) is 0 Å². The zero-order chi connectivity index (χ0) is 7.33. The van der Waals surface area contributed by atoms with Crippen LogP contribution in [0.2, 0.25) is 6.04 Å².